The summed E-state index contributed by atoms with van der Waals surface area (Å²) in [6.07, 6.45) is 2.45. The van der Waals surface area contributed by atoms with Crippen molar-refractivity contribution in [2.24, 2.45) is 0 Å². The van der Waals surface area contributed by atoms with Crippen LogP contribution in [0.25, 0.3) is 0 Å². The molecule has 1 aliphatic heterocycles. The molecule has 1 N–H and O–H groups in total. The number of halogens is 1. The average Bonchev–Trinajstić information content (AvgIpc) is 3.11. The molecule has 2 aromatic rings. The van der Waals surface area contributed by atoms with Gasteiger partial charge in [0.05, 0.1) is 16.6 Å². The van der Waals surface area contributed by atoms with Crippen LogP contribution in [0.2, 0.25) is 5.02 Å². The quantitative estimate of drug-likeness (QED) is 0.882. The van der Waals surface area contributed by atoms with E-state index in [1.165, 1.54) is 24.0 Å². The number of likely N-dealkylation sites (tertiary alicyclic amines) is 1. The first-order valence-electron chi connectivity index (χ1n) is 8.48. The zero-order chi connectivity index (χ0) is 16.9. The van der Waals surface area contributed by atoms with Crippen molar-refractivity contribution < 1.29 is 4.79 Å². The summed E-state index contributed by atoms with van der Waals surface area (Å²) in [5, 5.41) is 3.55. The van der Waals surface area contributed by atoms with Crippen LogP contribution >= 0.6 is 11.6 Å². The molecule has 0 aliphatic carbocycles. The highest BCUT2D eigenvalue weighted by Gasteiger charge is 2.24. The molecule has 1 atom stereocenters. The Morgan fingerprint density at radius 3 is 2.46 bits per heavy atom. The molecule has 0 aromatic heterocycles. The number of carbonyl (C=O) groups excluding carboxylic acids is 1. The third-order valence-corrected chi connectivity index (χ3v) is 4.95. The molecule has 24 heavy (non-hydrogen) atoms. The Morgan fingerprint density at radius 1 is 1.12 bits per heavy atom. The molecule has 1 fully saturated rings. The lowest BCUT2D eigenvalue weighted by Gasteiger charge is -2.28. The highest BCUT2D eigenvalue weighted by molar-refractivity contribution is 6.33. The molecule has 3 nitrogen and oxygen atoms in total. The van der Waals surface area contributed by atoms with Gasteiger partial charge in [-0.05, 0) is 50.6 Å². The van der Waals surface area contributed by atoms with E-state index >= 15 is 0 Å². The molecule has 0 spiro atoms. The first-order valence-corrected chi connectivity index (χ1v) is 8.86. The first kappa shape index (κ1) is 17.0. The van der Waals surface area contributed by atoms with E-state index in [2.05, 4.69) is 41.4 Å². The smallest absolute Gasteiger partial charge is 0.252 e. The maximum Gasteiger partial charge on any atom is 0.252 e. The van der Waals surface area contributed by atoms with Crippen molar-refractivity contribution in [3.05, 3.63) is 70.2 Å². The second-order valence-corrected chi connectivity index (χ2v) is 6.77. The summed E-state index contributed by atoms with van der Waals surface area (Å²) in [5.74, 6) is -0.114. The molecule has 1 saturated heterocycles. The van der Waals surface area contributed by atoms with Crippen LogP contribution in [0.3, 0.4) is 0 Å². The van der Waals surface area contributed by atoms with E-state index in [-0.39, 0.29) is 11.9 Å². The summed E-state index contributed by atoms with van der Waals surface area (Å²) in [6.45, 7) is 4.85. The van der Waals surface area contributed by atoms with Gasteiger partial charge in [-0.1, -0.05) is 53.6 Å². The van der Waals surface area contributed by atoms with Gasteiger partial charge in [0.25, 0.3) is 5.91 Å². The number of aryl methyl sites for hydroxylation is 1. The summed E-state index contributed by atoms with van der Waals surface area (Å²) in [7, 11) is 0. The fourth-order valence-corrected chi connectivity index (χ4v) is 3.45. The van der Waals surface area contributed by atoms with Crippen LogP contribution in [0.1, 0.15) is 40.4 Å². The minimum Gasteiger partial charge on any atom is -0.350 e. The molecule has 4 heteroatoms. The Balaban J connectivity index is 1.73. The normalized spacial score (nSPS) is 16.1. The summed E-state index contributed by atoms with van der Waals surface area (Å²) in [4.78, 5) is 14.9. The molecule has 0 radical (unpaired) electrons. The molecule has 1 unspecified atom stereocenters. The van der Waals surface area contributed by atoms with E-state index in [9.17, 15) is 4.79 Å². The maximum atomic E-state index is 12.5. The fourth-order valence-electron chi connectivity index (χ4n) is 3.23. The number of amides is 1. The number of nitrogens with one attached hydrogen (secondary N) is 1. The van der Waals surface area contributed by atoms with Crippen LogP contribution in [0.15, 0.2) is 48.5 Å². The molecule has 126 valence electrons. The Hall–Kier alpha value is -1.84. The Labute approximate surface area is 148 Å². The SMILES string of the molecule is Cc1ccc(C(CNC(=O)c2ccccc2Cl)N2CCCC2)cc1. The second-order valence-electron chi connectivity index (χ2n) is 6.36. The summed E-state index contributed by atoms with van der Waals surface area (Å²) in [5.41, 5.74) is 3.03. The highest BCUT2D eigenvalue weighted by atomic mass is 35.5. The lowest BCUT2D eigenvalue weighted by molar-refractivity contribution is 0.0938. The molecular weight excluding hydrogens is 320 g/mol. The summed E-state index contributed by atoms with van der Waals surface area (Å²) >= 11 is 6.12. The van der Waals surface area contributed by atoms with Crippen molar-refractivity contribution in [1.82, 2.24) is 10.2 Å². The third-order valence-electron chi connectivity index (χ3n) is 4.62. The largest absolute Gasteiger partial charge is 0.350 e. The van der Waals surface area contributed by atoms with Gasteiger partial charge in [-0.15, -0.1) is 0 Å². The van der Waals surface area contributed by atoms with Crippen molar-refractivity contribution in [2.75, 3.05) is 19.6 Å². The molecular formula is C20H23ClN2O. The molecule has 3 rings (SSSR count). The Kier molecular flexibility index (Phi) is 5.54. The number of rotatable bonds is 5. The third kappa shape index (κ3) is 3.97. The van der Waals surface area contributed by atoms with Crippen molar-refractivity contribution in [3.8, 4) is 0 Å². The summed E-state index contributed by atoms with van der Waals surface area (Å²) < 4.78 is 0. The van der Waals surface area contributed by atoms with Crippen LogP contribution in [0, 0.1) is 6.92 Å². The number of hydrogen-bond acceptors (Lipinski definition) is 2. The van der Waals surface area contributed by atoms with E-state index in [1.807, 2.05) is 12.1 Å². The molecule has 0 saturated carbocycles. The van der Waals surface area contributed by atoms with Gasteiger partial charge in [0.1, 0.15) is 0 Å². The monoisotopic (exact) mass is 342 g/mol. The average molecular weight is 343 g/mol. The van der Waals surface area contributed by atoms with Crippen molar-refractivity contribution in [1.29, 1.82) is 0 Å². The Morgan fingerprint density at radius 2 is 1.79 bits per heavy atom. The predicted molar refractivity (Wildman–Crippen MR) is 98.5 cm³/mol. The number of hydrogen-bond donors (Lipinski definition) is 1. The maximum absolute atomic E-state index is 12.5. The van der Waals surface area contributed by atoms with Gasteiger partial charge in [0.2, 0.25) is 0 Å². The van der Waals surface area contributed by atoms with E-state index in [0.717, 1.165) is 13.1 Å². The van der Waals surface area contributed by atoms with E-state index in [4.69, 9.17) is 11.6 Å². The fraction of sp³-hybridized carbons (Fsp3) is 0.350. The van der Waals surface area contributed by atoms with Crippen molar-refractivity contribution >= 4 is 17.5 Å². The molecule has 1 aliphatic rings. The lowest BCUT2D eigenvalue weighted by Crippen LogP contribution is -2.36. The number of benzene rings is 2. The Bertz CT molecular complexity index is 693. The van der Waals surface area contributed by atoms with Crippen LogP contribution in [-0.4, -0.2) is 30.4 Å². The van der Waals surface area contributed by atoms with Crippen molar-refractivity contribution in [2.45, 2.75) is 25.8 Å². The van der Waals surface area contributed by atoms with Crippen LogP contribution < -0.4 is 5.32 Å². The number of carbonyl (C=O) groups is 1. The standard InChI is InChI=1S/C20H23ClN2O/c1-15-8-10-16(11-9-15)19(23-12-4-5-13-23)14-22-20(24)17-6-2-3-7-18(17)21/h2-3,6-11,19H,4-5,12-14H2,1H3,(H,22,24). The zero-order valence-corrected chi connectivity index (χ0v) is 14.7. The van der Waals surface area contributed by atoms with Gasteiger partial charge in [-0.2, -0.15) is 0 Å². The summed E-state index contributed by atoms with van der Waals surface area (Å²) in [6, 6.07) is 16.0. The van der Waals surface area contributed by atoms with Gasteiger partial charge in [0.15, 0.2) is 0 Å². The topological polar surface area (TPSA) is 32.3 Å². The van der Waals surface area contributed by atoms with E-state index in [0.29, 0.717) is 17.1 Å². The second kappa shape index (κ2) is 7.82. The van der Waals surface area contributed by atoms with E-state index in [1.54, 1.807) is 12.1 Å². The lowest BCUT2D eigenvalue weighted by atomic mass is 10.0. The van der Waals surface area contributed by atoms with Crippen LogP contribution in [0.5, 0.6) is 0 Å². The van der Waals surface area contributed by atoms with Gasteiger partial charge in [-0.3, -0.25) is 9.69 Å². The van der Waals surface area contributed by atoms with Gasteiger partial charge in [-0.25, -0.2) is 0 Å². The first-order chi connectivity index (χ1) is 11.6. The van der Waals surface area contributed by atoms with Gasteiger partial charge < -0.3 is 5.32 Å². The number of nitrogens with zero attached hydrogens (tertiary/aromatic N) is 1. The molecule has 0 bridgehead atoms. The zero-order valence-electron chi connectivity index (χ0n) is 14.0. The molecule has 1 amide bonds. The van der Waals surface area contributed by atoms with Crippen LogP contribution in [0.4, 0.5) is 0 Å². The predicted octanol–water partition coefficient (Wildman–Crippen LogP) is 4.22. The molecule has 1 heterocycles. The highest BCUT2D eigenvalue weighted by Crippen LogP contribution is 2.25. The van der Waals surface area contributed by atoms with Crippen LogP contribution in [-0.2, 0) is 0 Å². The van der Waals surface area contributed by atoms with Gasteiger partial charge >= 0.3 is 0 Å². The molecule has 2 aromatic carbocycles. The van der Waals surface area contributed by atoms with E-state index < -0.39 is 0 Å². The minimum absolute atomic E-state index is 0.114. The minimum atomic E-state index is -0.114. The van der Waals surface area contributed by atoms with Gasteiger partial charge in [0, 0.05) is 6.54 Å². The van der Waals surface area contributed by atoms with Crippen molar-refractivity contribution in [3.63, 3.8) is 0 Å².